The molecule has 0 radical (unpaired) electrons. The Kier molecular flexibility index (Phi) is 2.31. The van der Waals surface area contributed by atoms with Crippen LogP contribution in [-0.4, -0.2) is 22.4 Å². The molecule has 0 atom stereocenters. The first-order chi connectivity index (χ1) is 7.39. The summed E-state index contributed by atoms with van der Waals surface area (Å²) in [6, 6.07) is 4.82. The molecule has 0 unspecified atom stereocenters. The first kappa shape index (κ1) is 10.8. The van der Waals surface area contributed by atoms with E-state index in [2.05, 4.69) is 28.9 Å². The minimum absolute atomic E-state index is 0.0910. The third kappa shape index (κ3) is 1.71. The Morgan fingerprint density at radius 1 is 1.38 bits per heavy atom. The highest BCUT2D eigenvalue weighted by Gasteiger charge is 2.19. The topological polar surface area (TPSA) is 61.0 Å². The monoisotopic (exact) mass is 235 g/mol. The SMILES string of the molecule is C[Si](C)(C)n1cnc2cc([N+](=O)[O-])ccc21. The van der Waals surface area contributed by atoms with E-state index in [9.17, 15) is 10.1 Å². The largest absolute Gasteiger partial charge is 0.359 e. The van der Waals surface area contributed by atoms with Crippen LogP contribution in [0.15, 0.2) is 24.5 Å². The van der Waals surface area contributed by atoms with Gasteiger partial charge in [-0.3, -0.25) is 10.1 Å². The van der Waals surface area contributed by atoms with E-state index in [1.807, 2.05) is 0 Å². The number of nitro benzene ring substituents is 1. The van der Waals surface area contributed by atoms with Gasteiger partial charge in [0, 0.05) is 12.1 Å². The van der Waals surface area contributed by atoms with Crippen LogP contribution in [0.2, 0.25) is 19.6 Å². The fourth-order valence-corrected chi connectivity index (χ4v) is 2.97. The van der Waals surface area contributed by atoms with Gasteiger partial charge in [0.15, 0.2) is 8.24 Å². The molecular weight excluding hydrogens is 222 g/mol. The van der Waals surface area contributed by atoms with E-state index < -0.39 is 13.2 Å². The van der Waals surface area contributed by atoms with E-state index in [0.29, 0.717) is 5.52 Å². The quantitative estimate of drug-likeness (QED) is 0.456. The zero-order chi connectivity index (χ0) is 11.9. The predicted octanol–water partition coefficient (Wildman–Crippen LogP) is 2.63. The maximum atomic E-state index is 10.6. The summed E-state index contributed by atoms with van der Waals surface area (Å²) in [7, 11) is -1.51. The summed E-state index contributed by atoms with van der Waals surface area (Å²) in [4.78, 5) is 14.5. The second kappa shape index (κ2) is 3.41. The molecule has 16 heavy (non-hydrogen) atoms. The lowest BCUT2D eigenvalue weighted by atomic mass is 10.3. The molecule has 0 fully saturated rings. The maximum absolute atomic E-state index is 10.6. The second-order valence-corrected chi connectivity index (χ2v) is 9.54. The standard InChI is InChI=1S/C10H13N3O2Si/c1-16(2,3)12-7-11-9-6-8(13(14)15)4-5-10(9)12/h4-7H,1-3H3. The van der Waals surface area contributed by atoms with Gasteiger partial charge in [-0.15, -0.1) is 0 Å². The van der Waals surface area contributed by atoms with Crippen LogP contribution < -0.4 is 0 Å². The van der Waals surface area contributed by atoms with Crippen molar-refractivity contribution in [3.05, 3.63) is 34.6 Å². The average molecular weight is 235 g/mol. The summed E-state index contributed by atoms with van der Waals surface area (Å²) >= 11 is 0. The van der Waals surface area contributed by atoms with Crippen LogP contribution in [0.5, 0.6) is 0 Å². The number of nitro groups is 1. The van der Waals surface area contributed by atoms with Crippen molar-refractivity contribution in [2.45, 2.75) is 19.6 Å². The number of imidazole rings is 1. The van der Waals surface area contributed by atoms with E-state index in [0.717, 1.165) is 5.52 Å². The Hall–Kier alpha value is -1.69. The molecule has 0 bridgehead atoms. The summed E-state index contributed by atoms with van der Waals surface area (Å²) < 4.78 is 2.14. The number of rotatable bonds is 2. The molecule has 5 nitrogen and oxygen atoms in total. The summed E-state index contributed by atoms with van der Waals surface area (Å²) in [5.41, 5.74) is 1.76. The molecule has 0 saturated heterocycles. The highest BCUT2D eigenvalue weighted by molar-refractivity contribution is 6.75. The Morgan fingerprint density at radius 3 is 2.62 bits per heavy atom. The van der Waals surface area contributed by atoms with Crippen molar-refractivity contribution in [2.24, 2.45) is 0 Å². The zero-order valence-corrected chi connectivity index (χ0v) is 10.5. The lowest BCUT2D eigenvalue weighted by molar-refractivity contribution is -0.384. The first-order valence-electron chi connectivity index (χ1n) is 5.01. The number of non-ortho nitro benzene ring substituents is 1. The van der Waals surface area contributed by atoms with Gasteiger partial charge >= 0.3 is 0 Å². The van der Waals surface area contributed by atoms with E-state index in [1.165, 1.54) is 12.1 Å². The normalized spacial score (nSPS) is 11.9. The highest BCUT2D eigenvalue weighted by Crippen LogP contribution is 2.22. The molecule has 2 aromatic rings. The Balaban J connectivity index is 2.64. The molecular formula is C10H13N3O2Si. The third-order valence-corrected chi connectivity index (χ3v) is 4.27. The van der Waals surface area contributed by atoms with Crippen molar-refractivity contribution >= 4 is 25.0 Å². The molecule has 1 aromatic heterocycles. The Bertz CT molecular complexity index is 557. The molecule has 0 aliphatic heterocycles. The van der Waals surface area contributed by atoms with Gasteiger partial charge in [0.25, 0.3) is 5.69 Å². The lowest BCUT2D eigenvalue weighted by Gasteiger charge is -2.18. The predicted molar refractivity (Wildman–Crippen MR) is 65.1 cm³/mol. The van der Waals surface area contributed by atoms with Crippen LogP contribution >= 0.6 is 0 Å². The van der Waals surface area contributed by atoms with Crippen molar-refractivity contribution in [1.29, 1.82) is 0 Å². The summed E-state index contributed by atoms with van der Waals surface area (Å²) in [6.45, 7) is 6.61. The van der Waals surface area contributed by atoms with Crippen molar-refractivity contribution in [2.75, 3.05) is 0 Å². The summed E-state index contributed by atoms with van der Waals surface area (Å²) in [5.74, 6) is 0. The van der Waals surface area contributed by atoms with Gasteiger partial charge in [-0.05, 0) is 6.07 Å². The van der Waals surface area contributed by atoms with Gasteiger partial charge in [-0.25, -0.2) is 4.98 Å². The van der Waals surface area contributed by atoms with Gasteiger partial charge in [-0.1, -0.05) is 19.6 Å². The van der Waals surface area contributed by atoms with E-state index in [4.69, 9.17) is 0 Å². The van der Waals surface area contributed by atoms with Crippen LogP contribution in [0, 0.1) is 10.1 Å². The minimum atomic E-state index is -1.51. The fourth-order valence-electron chi connectivity index (χ4n) is 1.65. The highest BCUT2D eigenvalue weighted by atomic mass is 28.3. The third-order valence-electron chi connectivity index (χ3n) is 2.46. The molecule has 2 rings (SSSR count). The minimum Gasteiger partial charge on any atom is -0.359 e. The molecule has 1 heterocycles. The van der Waals surface area contributed by atoms with E-state index >= 15 is 0 Å². The molecule has 0 aliphatic rings. The molecule has 0 aliphatic carbocycles. The summed E-state index contributed by atoms with van der Waals surface area (Å²) in [6.07, 6.45) is 1.78. The van der Waals surface area contributed by atoms with Crippen LogP contribution in [-0.2, 0) is 0 Å². The number of nitrogens with zero attached hydrogens (tertiary/aromatic N) is 3. The Morgan fingerprint density at radius 2 is 2.06 bits per heavy atom. The van der Waals surface area contributed by atoms with Crippen molar-refractivity contribution < 1.29 is 4.92 Å². The number of hydrogen-bond acceptors (Lipinski definition) is 3. The Labute approximate surface area is 94.0 Å². The first-order valence-corrected chi connectivity index (χ1v) is 8.46. The van der Waals surface area contributed by atoms with Crippen LogP contribution in [0.3, 0.4) is 0 Å². The van der Waals surface area contributed by atoms with E-state index in [-0.39, 0.29) is 5.69 Å². The maximum Gasteiger partial charge on any atom is 0.271 e. The molecule has 0 amide bonds. The molecule has 0 N–H and O–H groups in total. The van der Waals surface area contributed by atoms with Crippen LogP contribution in [0.4, 0.5) is 5.69 Å². The van der Waals surface area contributed by atoms with Gasteiger partial charge in [0.2, 0.25) is 0 Å². The molecule has 0 spiro atoms. The molecule has 0 saturated carbocycles. The van der Waals surface area contributed by atoms with Gasteiger partial charge in [-0.2, -0.15) is 0 Å². The number of hydrogen-bond donors (Lipinski definition) is 0. The second-order valence-electron chi connectivity index (χ2n) is 4.72. The number of fused-ring (bicyclic) bond motifs is 1. The zero-order valence-electron chi connectivity index (χ0n) is 9.47. The molecule has 1 aromatic carbocycles. The van der Waals surface area contributed by atoms with Gasteiger partial charge < -0.3 is 4.23 Å². The molecule has 84 valence electrons. The van der Waals surface area contributed by atoms with Crippen LogP contribution in [0.25, 0.3) is 11.0 Å². The van der Waals surface area contributed by atoms with Gasteiger partial charge in [0.05, 0.1) is 22.3 Å². The van der Waals surface area contributed by atoms with E-state index in [1.54, 1.807) is 12.4 Å². The fraction of sp³-hybridized carbons (Fsp3) is 0.300. The molecule has 6 heteroatoms. The smallest absolute Gasteiger partial charge is 0.271 e. The van der Waals surface area contributed by atoms with Crippen molar-refractivity contribution in [3.63, 3.8) is 0 Å². The number of aromatic nitrogens is 2. The van der Waals surface area contributed by atoms with Crippen LogP contribution in [0.1, 0.15) is 0 Å². The van der Waals surface area contributed by atoms with Gasteiger partial charge in [0.1, 0.15) is 0 Å². The van der Waals surface area contributed by atoms with Crippen molar-refractivity contribution in [1.82, 2.24) is 9.22 Å². The lowest BCUT2D eigenvalue weighted by Crippen LogP contribution is -2.30. The average Bonchev–Trinajstić information content (AvgIpc) is 2.58. The summed E-state index contributed by atoms with van der Waals surface area (Å²) in [5, 5.41) is 10.6. The number of benzene rings is 1. The van der Waals surface area contributed by atoms with Crippen molar-refractivity contribution in [3.8, 4) is 0 Å².